The van der Waals surface area contributed by atoms with Crippen LogP contribution in [0.4, 0.5) is 11.8 Å². The largest absolute Gasteiger partial charge is 0.475 e. The molecule has 3 aromatic rings. The summed E-state index contributed by atoms with van der Waals surface area (Å²) in [5.41, 5.74) is 8.06. The summed E-state index contributed by atoms with van der Waals surface area (Å²) in [4.78, 5) is 16.0. The molecule has 0 fully saturated rings. The van der Waals surface area contributed by atoms with Crippen molar-refractivity contribution in [2.24, 2.45) is 0 Å². The van der Waals surface area contributed by atoms with Gasteiger partial charge in [-0.2, -0.15) is 4.98 Å². The Hall–Kier alpha value is -2.87. The first-order chi connectivity index (χ1) is 11.6. The Bertz CT molecular complexity index is 846. The Labute approximate surface area is 139 Å². The van der Waals surface area contributed by atoms with Crippen molar-refractivity contribution < 1.29 is 9.84 Å². The number of aromatic nitrogens is 4. The Kier molecular flexibility index (Phi) is 4.48. The van der Waals surface area contributed by atoms with Crippen LogP contribution in [0.1, 0.15) is 13.8 Å². The van der Waals surface area contributed by atoms with E-state index in [4.69, 9.17) is 15.6 Å². The van der Waals surface area contributed by atoms with Gasteiger partial charge in [-0.05, 0) is 26.0 Å². The summed E-state index contributed by atoms with van der Waals surface area (Å²) in [7, 11) is 0. The highest BCUT2D eigenvalue weighted by atomic mass is 16.5. The third-order valence-electron chi connectivity index (χ3n) is 3.30. The first-order valence-corrected chi connectivity index (χ1v) is 7.71. The van der Waals surface area contributed by atoms with Gasteiger partial charge in [0.05, 0.1) is 18.4 Å². The summed E-state index contributed by atoms with van der Waals surface area (Å²) in [6, 6.07) is 5.55. The number of rotatable bonds is 6. The van der Waals surface area contributed by atoms with Gasteiger partial charge >= 0.3 is 0 Å². The first-order valence-electron chi connectivity index (χ1n) is 7.71. The topological polar surface area (TPSA) is 122 Å². The third-order valence-corrected chi connectivity index (χ3v) is 3.30. The van der Waals surface area contributed by atoms with Crippen molar-refractivity contribution in [2.75, 3.05) is 24.2 Å². The van der Waals surface area contributed by atoms with Crippen LogP contribution in [-0.2, 0) is 0 Å². The van der Waals surface area contributed by atoms with Gasteiger partial charge in [0.25, 0.3) is 0 Å². The van der Waals surface area contributed by atoms with Crippen LogP contribution in [0, 0.1) is 0 Å². The Morgan fingerprint density at radius 2 is 2.12 bits per heavy atom. The highest BCUT2D eigenvalue weighted by Crippen LogP contribution is 2.30. The molecule has 8 nitrogen and oxygen atoms in total. The van der Waals surface area contributed by atoms with Gasteiger partial charge in [-0.25, -0.2) is 9.97 Å². The van der Waals surface area contributed by atoms with Gasteiger partial charge in [0, 0.05) is 29.8 Å². The number of nitrogen functional groups attached to an aromatic ring is 1. The van der Waals surface area contributed by atoms with Crippen molar-refractivity contribution in [2.45, 2.75) is 20.0 Å². The average molecular weight is 328 g/mol. The van der Waals surface area contributed by atoms with Crippen LogP contribution in [0.3, 0.4) is 0 Å². The standard InChI is InChI=1S/C16H20N6O2/c1-9(2)24-14-8-12(20-16(17)22-14)11-7-13(18-5-6-23)21-15-10(11)3-4-19-15/h3-4,7-9,23H,5-6H2,1-2H3,(H2,17,20,22)(H2,18,19,21). The zero-order valence-corrected chi connectivity index (χ0v) is 13.6. The van der Waals surface area contributed by atoms with Crippen molar-refractivity contribution in [3.05, 3.63) is 24.4 Å². The van der Waals surface area contributed by atoms with Crippen molar-refractivity contribution in [3.63, 3.8) is 0 Å². The van der Waals surface area contributed by atoms with Crippen molar-refractivity contribution in [1.82, 2.24) is 19.9 Å². The van der Waals surface area contributed by atoms with Crippen LogP contribution in [0.5, 0.6) is 5.88 Å². The average Bonchev–Trinajstić information content (AvgIpc) is 2.99. The Balaban J connectivity index is 2.10. The third kappa shape index (κ3) is 3.38. The van der Waals surface area contributed by atoms with Crippen LogP contribution in [0.15, 0.2) is 24.4 Å². The van der Waals surface area contributed by atoms with Gasteiger partial charge in [-0.1, -0.05) is 0 Å². The normalized spacial score (nSPS) is 11.2. The molecule has 0 unspecified atom stereocenters. The second kappa shape index (κ2) is 6.71. The molecule has 8 heteroatoms. The van der Waals surface area contributed by atoms with E-state index in [1.54, 1.807) is 6.07 Å². The first kappa shape index (κ1) is 16.0. The van der Waals surface area contributed by atoms with Gasteiger partial charge in [0.15, 0.2) is 0 Å². The fourth-order valence-electron chi connectivity index (χ4n) is 2.41. The molecule has 0 saturated carbocycles. The van der Waals surface area contributed by atoms with Gasteiger partial charge in [-0.3, -0.25) is 0 Å². The molecular weight excluding hydrogens is 308 g/mol. The van der Waals surface area contributed by atoms with E-state index >= 15 is 0 Å². The lowest BCUT2D eigenvalue weighted by Gasteiger charge is -2.12. The quantitative estimate of drug-likeness (QED) is 0.544. The molecule has 0 aromatic carbocycles. The number of anilines is 2. The number of nitrogens with one attached hydrogen (secondary N) is 2. The number of aromatic amines is 1. The molecule has 126 valence electrons. The molecule has 0 bridgehead atoms. The molecule has 3 heterocycles. The second-order valence-corrected chi connectivity index (χ2v) is 5.56. The van der Waals surface area contributed by atoms with Crippen LogP contribution >= 0.6 is 0 Å². The van der Waals surface area contributed by atoms with E-state index in [2.05, 4.69) is 25.3 Å². The maximum Gasteiger partial charge on any atom is 0.223 e. The zero-order chi connectivity index (χ0) is 17.1. The fraction of sp³-hybridized carbons (Fsp3) is 0.312. The number of H-pyrrole nitrogens is 1. The summed E-state index contributed by atoms with van der Waals surface area (Å²) in [6.45, 7) is 4.27. The predicted molar refractivity (Wildman–Crippen MR) is 92.9 cm³/mol. The highest BCUT2D eigenvalue weighted by molar-refractivity contribution is 5.94. The van der Waals surface area contributed by atoms with Crippen LogP contribution < -0.4 is 15.8 Å². The lowest BCUT2D eigenvalue weighted by molar-refractivity contribution is 0.233. The Morgan fingerprint density at radius 3 is 2.88 bits per heavy atom. The monoisotopic (exact) mass is 328 g/mol. The van der Waals surface area contributed by atoms with Crippen LogP contribution in [-0.4, -0.2) is 44.3 Å². The lowest BCUT2D eigenvalue weighted by atomic mass is 10.1. The summed E-state index contributed by atoms with van der Waals surface area (Å²) < 4.78 is 5.64. The molecular formula is C16H20N6O2. The maximum absolute atomic E-state index is 8.99. The zero-order valence-electron chi connectivity index (χ0n) is 13.6. The minimum atomic E-state index is -0.0151. The van der Waals surface area contributed by atoms with Crippen LogP contribution in [0.2, 0.25) is 0 Å². The predicted octanol–water partition coefficient (Wildman–Crippen LogP) is 1.79. The summed E-state index contributed by atoms with van der Waals surface area (Å²) >= 11 is 0. The molecule has 0 aliphatic heterocycles. The fourth-order valence-corrected chi connectivity index (χ4v) is 2.41. The van der Waals surface area contributed by atoms with Gasteiger partial charge in [0.1, 0.15) is 11.5 Å². The van der Waals surface area contributed by atoms with Gasteiger partial charge in [-0.15, -0.1) is 0 Å². The smallest absolute Gasteiger partial charge is 0.223 e. The van der Waals surface area contributed by atoms with Gasteiger partial charge in [0.2, 0.25) is 11.8 Å². The molecule has 24 heavy (non-hydrogen) atoms. The number of nitrogens with zero attached hydrogens (tertiary/aromatic N) is 3. The number of aliphatic hydroxyl groups excluding tert-OH is 1. The number of hydrogen-bond donors (Lipinski definition) is 4. The highest BCUT2D eigenvalue weighted by Gasteiger charge is 2.13. The second-order valence-electron chi connectivity index (χ2n) is 5.56. The Morgan fingerprint density at radius 1 is 1.29 bits per heavy atom. The molecule has 3 rings (SSSR count). The number of fused-ring (bicyclic) bond motifs is 1. The van der Waals surface area contributed by atoms with E-state index in [1.807, 2.05) is 32.2 Å². The summed E-state index contributed by atoms with van der Waals surface area (Å²) in [5.74, 6) is 1.21. The molecule has 3 aromatic heterocycles. The van der Waals surface area contributed by atoms with E-state index in [0.29, 0.717) is 23.9 Å². The molecule has 0 amide bonds. The minimum absolute atomic E-state index is 0.0151. The van der Waals surface area contributed by atoms with Crippen molar-refractivity contribution in [3.8, 4) is 17.1 Å². The van der Waals surface area contributed by atoms with E-state index in [-0.39, 0.29) is 18.7 Å². The molecule has 0 atom stereocenters. The summed E-state index contributed by atoms with van der Waals surface area (Å²) in [6.07, 6.45) is 1.80. The molecule has 0 radical (unpaired) electrons. The van der Waals surface area contributed by atoms with E-state index < -0.39 is 0 Å². The number of pyridine rings is 1. The van der Waals surface area contributed by atoms with Crippen molar-refractivity contribution >= 4 is 22.8 Å². The van der Waals surface area contributed by atoms with E-state index in [1.165, 1.54) is 0 Å². The maximum atomic E-state index is 8.99. The number of hydrogen-bond acceptors (Lipinski definition) is 7. The summed E-state index contributed by atoms with van der Waals surface area (Å²) in [5, 5.41) is 13.0. The SMILES string of the molecule is CC(C)Oc1cc(-c2cc(NCCO)nc3[nH]ccc23)nc(N)n1. The lowest BCUT2D eigenvalue weighted by Crippen LogP contribution is -2.09. The van der Waals surface area contributed by atoms with E-state index in [0.717, 1.165) is 16.6 Å². The number of nitrogens with two attached hydrogens (primary N) is 1. The van der Waals surface area contributed by atoms with Crippen molar-refractivity contribution in [1.29, 1.82) is 0 Å². The van der Waals surface area contributed by atoms with Gasteiger partial charge < -0.3 is 25.9 Å². The molecule has 0 saturated heterocycles. The molecule has 0 aliphatic carbocycles. The minimum Gasteiger partial charge on any atom is -0.475 e. The van der Waals surface area contributed by atoms with Crippen LogP contribution in [0.25, 0.3) is 22.3 Å². The molecule has 0 spiro atoms. The number of aliphatic hydroxyl groups is 1. The molecule has 0 aliphatic rings. The number of ether oxygens (including phenoxy) is 1. The molecule has 5 N–H and O–H groups in total. The van der Waals surface area contributed by atoms with E-state index in [9.17, 15) is 0 Å².